The van der Waals surface area contributed by atoms with Gasteiger partial charge in [0.15, 0.2) is 0 Å². The predicted octanol–water partition coefficient (Wildman–Crippen LogP) is 2.69. The van der Waals surface area contributed by atoms with Crippen molar-refractivity contribution in [3.05, 3.63) is 0 Å². The van der Waals surface area contributed by atoms with Gasteiger partial charge < -0.3 is 14.4 Å². The van der Waals surface area contributed by atoms with Gasteiger partial charge in [-0.1, -0.05) is 58.3 Å². The van der Waals surface area contributed by atoms with Crippen molar-refractivity contribution in [3.8, 4) is 0 Å². The number of carbonyl (C=O) groups is 2. The second-order valence-corrected chi connectivity index (χ2v) is 7.06. The van der Waals surface area contributed by atoms with Crippen LogP contribution < -0.4 is 5.11 Å². The minimum Gasteiger partial charge on any atom is -0.544 e. The summed E-state index contributed by atoms with van der Waals surface area (Å²) in [5, 5.41) is 10.6. The van der Waals surface area contributed by atoms with Crippen molar-refractivity contribution in [1.29, 1.82) is 0 Å². The average molecular weight is 313 g/mol. The van der Waals surface area contributed by atoms with Gasteiger partial charge in [-0.15, -0.1) is 0 Å². The van der Waals surface area contributed by atoms with Crippen molar-refractivity contribution in [2.24, 2.45) is 0 Å². The Bertz CT molecular complexity index is 313. The van der Waals surface area contributed by atoms with E-state index in [4.69, 9.17) is 0 Å². The van der Waals surface area contributed by atoms with Crippen LogP contribution in [0.2, 0.25) is 0 Å². The van der Waals surface area contributed by atoms with Crippen LogP contribution in [-0.2, 0) is 9.59 Å². The van der Waals surface area contributed by atoms with Crippen LogP contribution in [-0.4, -0.2) is 43.4 Å². The molecule has 0 aromatic carbocycles. The molecule has 0 N–H and O–H groups in total. The topological polar surface area (TPSA) is 57.2 Å². The Hall–Kier alpha value is -0.900. The number of quaternary nitrogens is 1. The maximum absolute atomic E-state index is 11.8. The summed E-state index contributed by atoms with van der Waals surface area (Å²) < 4.78 is 0.311. The number of carbonyl (C=O) groups excluding carboxylic acids is 2. The molecule has 4 nitrogen and oxygen atoms in total. The highest BCUT2D eigenvalue weighted by molar-refractivity contribution is 5.78. The van der Waals surface area contributed by atoms with E-state index < -0.39 is 5.97 Å². The first-order valence-electron chi connectivity index (χ1n) is 8.91. The third-order valence-corrected chi connectivity index (χ3v) is 4.11. The van der Waals surface area contributed by atoms with E-state index in [1.807, 2.05) is 14.1 Å². The number of hydrogen-bond donors (Lipinski definition) is 0. The Morgan fingerprint density at radius 1 is 0.818 bits per heavy atom. The van der Waals surface area contributed by atoms with Crippen molar-refractivity contribution in [2.45, 2.75) is 77.6 Å². The van der Waals surface area contributed by atoms with E-state index in [9.17, 15) is 14.7 Å². The number of unbranched alkanes of at least 4 members (excludes halogenated alkanes) is 8. The predicted molar refractivity (Wildman–Crippen MR) is 88.3 cm³/mol. The number of likely N-dealkylation sites (N-methyl/N-ethyl adjacent to an activating group) is 1. The number of rotatable bonds is 15. The molecule has 0 aromatic heterocycles. The highest BCUT2D eigenvalue weighted by Gasteiger charge is 2.16. The molecule has 0 aliphatic carbocycles. The zero-order valence-electron chi connectivity index (χ0n) is 14.9. The largest absolute Gasteiger partial charge is 0.544 e. The summed E-state index contributed by atoms with van der Waals surface area (Å²) in [6.07, 6.45) is 12.4. The highest BCUT2D eigenvalue weighted by Crippen LogP contribution is 2.11. The lowest BCUT2D eigenvalue weighted by atomic mass is 10.0. The zero-order chi connectivity index (χ0) is 16.8. The number of carboxylic acid groups (broad SMARTS) is 1. The lowest BCUT2D eigenvalue weighted by molar-refractivity contribution is -0.884. The SMILES string of the molecule is CCCCCCCCCCCC(=O)CC[N+](C)(C)CC(=O)[O-]. The standard InChI is InChI=1S/C18H35NO3/c1-4-5-6-7-8-9-10-11-12-13-17(20)14-15-19(2,3)16-18(21)22/h4-16H2,1-3H3. The molecule has 4 heteroatoms. The molecule has 0 heterocycles. The molecule has 22 heavy (non-hydrogen) atoms. The smallest absolute Gasteiger partial charge is 0.138 e. The summed E-state index contributed by atoms with van der Waals surface area (Å²) >= 11 is 0. The lowest BCUT2D eigenvalue weighted by Gasteiger charge is -2.29. The van der Waals surface area contributed by atoms with Gasteiger partial charge >= 0.3 is 0 Å². The minimum atomic E-state index is -1.06. The van der Waals surface area contributed by atoms with E-state index in [-0.39, 0.29) is 12.3 Å². The quantitative estimate of drug-likeness (QED) is 0.345. The van der Waals surface area contributed by atoms with Crippen LogP contribution in [0.15, 0.2) is 0 Å². The van der Waals surface area contributed by atoms with Gasteiger partial charge in [0.05, 0.1) is 33.0 Å². The first kappa shape index (κ1) is 21.1. The normalized spacial score (nSPS) is 11.6. The van der Waals surface area contributed by atoms with Gasteiger partial charge in [-0.25, -0.2) is 0 Å². The van der Waals surface area contributed by atoms with Crippen molar-refractivity contribution >= 4 is 11.8 Å². The molecule has 0 bridgehead atoms. The van der Waals surface area contributed by atoms with Gasteiger partial charge in [-0.3, -0.25) is 4.79 Å². The molecule has 0 aliphatic heterocycles. The van der Waals surface area contributed by atoms with E-state index >= 15 is 0 Å². The van der Waals surface area contributed by atoms with Gasteiger partial charge in [0, 0.05) is 6.42 Å². The molecular weight excluding hydrogens is 278 g/mol. The Balaban J connectivity index is 3.48. The third kappa shape index (κ3) is 14.1. The first-order valence-corrected chi connectivity index (χ1v) is 8.91. The van der Waals surface area contributed by atoms with Crippen molar-refractivity contribution in [2.75, 3.05) is 27.2 Å². The molecule has 0 aliphatic rings. The van der Waals surface area contributed by atoms with Crippen LogP contribution in [0, 0.1) is 0 Å². The second kappa shape index (κ2) is 12.6. The fourth-order valence-corrected chi connectivity index (χ4v) is 2.61. The van der Waals surface area contributed by atoms with E-state index in [1.54, 1.807) is 0 Å². The van der Waals surface area contributed by atoms with Crippen molar-refractivity contribution in [1.82, 2.24) is 0 Å². The highest BCUT2D eigenvalue weighted by atomic mass is 16.4. The molecule has 0 saturated carbocycles. The molecule has 0 fully saturated rings. The molecule has 0 radical (unpaired) electrons. The van der Waals surface area contributed by atoms with Crippen LogP contribution >= 0.6 is 0 Å². The molecule has 0 amide bonds. The molecule has 0 spiro atoms. The number of hydrogen-bond acceptors (Lipinski definition) is 3. The van der Waals surface area contributed by atoms with E-state index in [0.717, 1.165) is 12.8 Å². The van der Waals surface area contributed by atoms with Crippen LogP contribution in [0.25, 0.3) is 0 Å². The van der Waals surface area contributed by atoms with Gasteiger partial charge in [-0.05, 0) is 6.42 Å². The summed E-state index contributed by atoms with van der Waals surface area (Å²) in [5.41, 5.74) is 0. The fraction of sp³-hybridized carbons (Fsp3) is 0.889. The van der Waals surface area contributed by atoms with Gasteiger partial charge in [0.25, 0.3) is 0 Å². The minimum absolute atomic E-state index is 0.0364. The number of carboxylic acids is 1. The Morgan fingerprint density at radius 3 is 1.82 bits per heavy atom. The third-order valence-electron chi connectivity index (χ3n) is 4.11. The van der Waals surface area contributed by atoms with Crippen LogP contribution in [0.5, 0.6) is 0 Å². The van der Waals surface area contributed by atoms with Crippen LogP contribution in [0.1, 0.15) is 77.6 Å². The van der Waals surface area contributed by atoms with E-state index in [2.05, 4.69) is 6.92 Å². The van der Waals surface area contributed by atoms with Gasteiger partial charge in [-0.2, -0.15) is 0 Å². The first-order chi connectivity index (χ1) is 10.4. The Kier molecular flexibility index (Phi) is 12.1. The molecule has 130 valence electrons. The summed E-state index contributed by atoms with van der Waals surface area (Å²) in [7, 11) is 3.64. The Morgan fingerprint density at radius 2 is 1.32 bits per heavy atom. The van der Waals surface area contributed by atoms with E-state index in [1.165, 1.54) is 44.9 Å². The van der Waals surface area contributed by atoms with E-state index in [0.29, 0.717) is 23.9 Å². The van der Waals surface area contributed by atoms with Crippen LogP contribution in [0.3, 0.4) is 0 Å². The summed E-state index contributed by atoms with van der Waals surface area (Å²) in [4.78, 5) is 22.4. The maximum Gasteiger partial charge on any atom is 0.138 e. The summed E-state index contributed by atoms with van der Waals surface area (Å²) in [6.45, 7) is 2.77. The monoisotopic (exact) mass is 313 g/mol. The molecule has 0 saturated heterocycles. The lowest BCUT2D eigenvalue weighted by Crippen LogP contribution is -2.49. The Labute approximate surface area is 136 Å². The van der Waals surface area contributed by atoms with Crippen LogP contribution in [0.4, 0.5) is 0 Å². The van der Waals surface area contributed by atoms with Crippen molar-refractivity contribution in [3.63, 3.8) is 0 Å². The zero-order valence-corrected chi connectivity index (χ0v) is 14.9. The number of Topliss-reactive ketones (excluding diaryl/α,β-unsaturated/α-hetero) is 1. The molecule has 0 atom stereocenters. The number of nitrogens with zero attached hydrogens (tertiary/aromatic N) is 1. The molecule has 0 aromatic rings. The fourth-order valence-electron chi connectivity index (χ4n) is 2.61. The van der Waals surface area contributed by atoms with Gasteiger partial charge in [0.1, 0.15) is 12.3 Å². The molecular formula is C18H35NO3. The maximum atomic E-state index is 11.8. The molecule has 0 unspecified atom stereocenters. The summed E-state index contributed by atoms with van der Waals surface area (Å²) in [5.74, 6) is -0.802. The second-order valence-electron chi connectivity index (χ2n) is 7.06. The van der Waals surface area contributed by atoms with Crippen molar-refractivity contribution < 1.29 is 19.2 Å². The number of aliphatic carboxylic acids is 1. The molecule has 0 rings (SSSR count). The average Bonchev–Trinajstić information content (AvgIpc) is 2.42. The number of ketones is 1. The van der Waals surface area contributed by atoms with Gasteiger partial charge in [0.2, 0.25) is 0 Å². The summed E-state index contributed by atoms with van der Waals surface area (Å²) in [6, 6.07) is 0.